The zero-order valence-corrected chi connectivity index (χ0v) is 20.5. The summed E-state index contributed by atoms with van der Waals surface area (Å²) in [6, 6.07) is 25.7. The van der Waals surface area contributed by atoms with Crippen LogP contribution in [0.2, 0.25) is 0 Å². The lowest BCUT2D eigenvalue weighted by Gasteiger charge is -2.31. The number of thioether (sulfide) groups is 1. The van der Waals surface area contributed by atoms with Gasteiger partial charge in [0.25, 0.3) is 5.91 Å². The highest BCUT2D eigenvalue weighted by Crippen LogP contribution is 2.48. The van der Waals surface area contributed by atoms with Gasteiger partial charge in [0.05, 0.1) is 16.3 Å². The Bertz CT molecular complexity index is 1290. The van der Waals surface area contributed by atoms with Crippen molar-refractivity contribution in [3.63, 3.8) is 0 Å². The Hall–Kier alpha value is -3.13. The second-order valence-electron chi connectivity index (χ2n) is 7.64. The smallest absolute Gasteiger partial charge is 0.266 e. The van der Waals surface area contributed by atoms with E-state index in [0.717, 1.165) is 26.7 Å². The number of hydrogen-bond donors (Lipinski definition) is 0. The van der Waals surface area contributed by atoms with Crippen LogP contribution in [0.15, 0.2) is 106 Å². The average Bonchev–Trinajstić information content (AvgIpc) is 3.13. The van der Waals surface area contributed by atoms with Crippen molar-refractivity contribution in [1.82, 2.24) is 4.90 Å². The second-order valence-corrected chi connectivity index (χ2v) is 10.4. The Morgan fingerprint density at radius 2 is 1.47 bits per heavy atom. The molecule has 1 fully saturated rings. The number of nitrogens with zero attached hydrogens (tertiary/aromatic N) is 2. The Balaban J connectivity index is 1.30. The number of amides is 2. The van der Waals surface area contributed by atoms with Crippen LogP contribution in [0.3, 0.4) is 0 Å². The molecule has 5 rings (SSSR count). The Labute approximate surface area is 212 Å². The van der Waals surface area contributed by atoms with Gasteiger partial charge in [-0.2, -0.15) is 0 Å². The molecular formula is C27H20N2O2S3. The van der Waals surface area contributed by atoms with Crippen LogP contribution in [0.5, 0.6) is 0 Å². The van der Waals surface area contributed by atoms with E-state index in [-0.39, 0.29) is 24.8 Å². The lowest BCUT2D eigenvalue weighted by molar-refractivity contribution is -0.123. The van der Waals surface area contributed by atoms with Crippen LogP contribution in [0.1, 0.15) is 12.0 Å². The molecule has 168 valence electrons. The van der Waals surface area contributed by atoms with Crippen molar-refractivity contribution >= 4 is 69.3 Å². The minimum atomic E-state index is -0.157. The fraction of sp³-hybridized carbons (Fsp3) is 0.0741. The van der Waals surface area contributed by atoms with Gasteiger partial charge in [0.1, 0.15) is 4.32 Å². The third kappa shape index (κ3) is 4.59. The first kappa shape index (κ1) is 22.7. The summed E-state index contributed by atoms with van der Waals surface area (Å²) < 4.78 is 0.479. The van der Waals surface area contributed by atoms with Crippen LogP contribution in [-0.2, 0) is 9.59 Å². The summed E-state index contributed by atoms with van der Waals surface area (Å²) in [7, 11) is 0. The molecule has 34 heavy (non-hydrogen) atoms. The molecule has 2 aliphatic rings. The van der Waals surface area contributed by atoms with Crippen LogP contribution in [0.25, 0.3) is 6.08 Å². The largest absolute Gasteiger partial charge is 0.292 e. The van der Waals surface area contributed by atoms with Crippen molar-refractivity contribution in [2.24, 2.45) is 0 Å². The summed E-state index contributed by atoms with van der Waals surface area (Å²) in [6.07, 6.45) is 5.75. The number of hydrogen-bond acceptors (Lipinski definition) is 5. The number of para-hydroxylation sites is 2. The minimum absolute atomic E-state index is 0.0674. The number of allylic oxidation sites excluding steroid dienone is 2. The van der Waals surface area contributed by atoms with Gasteiger partial charge < -0.3 is 0 Å². The normalized spacial score (nSPS) is 16.3. The molecule has 0 spiro atoms. The molecule has 1 saturated heterocycles. The van der Waals surface area contributed by atoms with Crippen LogP contribution in [-0.4, -0.2) is 27.6 Å². The lowest BCUT2D eigenvalue weighted by atomic mass is 10.2. The van der Waals surface area contributed by atoms with E-state index in [9.17, 15) is 9.59 Å². The van der Waals surface area contributed by atoms with Gasteiger partial charge in [-0.3, -0.25) is 19.4 Å². The van der Waals surface area contributed by atoms with Gasteiger partial charge in [0.2, 0.25) is 5.91 Å². The van der Waals surface area contributed by atoms with E-state index in [2.05, 4.69) is 0 Å². The summed E-state index contributed by atoms with van der Waals surface area (Å²) in [6.45, 7) is 0.247. The number of carbonyl (C=O) groups excluding carboxylic acids is 2. The maximum Gasteiger partial charge on any atom is 0.266 e. The molecule has 0 aliphatic carbocycles. The molecule has 0 atom stereocenters. The van der Waals surface area contributed by atoms with Gasteiger partial charge in [0.15, 0.2) is 0 Å². The van der Waals surface area contributed by atoms with Crippen molar-refractivity contribution in [2.45, 2.75) is 16.2 Å². The summed E-state index contributed by atoms with van der Waals surface area (Å²) in [4.78, 5) is 32.3. The Morgan fingerprint density at radius 3 is 2.15 bits per heavy atom. The molecule has 2 heterocycles. The van der Waals surface area contributed by atoms with E-state index in [1.54, 1.807) is 22.7 Å². The summed E-state index contributed by atoms with van der Waals surface area (Å²) in [5.74, 6) is -0.224. The molecule has 2 amide bonds. The summed E-state index contributed by atoms with van der Waals surface area (Å²) >= 11 is 8.38. The van der Waals surface area contributed by atoms with Gasteiger partial charge in [-0.25, -0.2) is 0 Å². The standard InChI is InChI=1S/C27H20N2O2S3/c30-25(29-20-12-4-6-14-22(20)33-23-15-7-5-13-21(23)29)17-18-28-26(31)24(34-27(28)32)16-8-11-19-9-2-1-3-10-19/h1-16H,17-18H2. The number of rotatable bonds is 5. The lowest BCUT2D eigenvalue weighted by Crippen LogP contribution is -2.35. The maximum absolute atomic E-state index is 13.4. The van der Waals surface area contributed by atoms with E-state index in [4.69, 9.17) is 12.2 Å². The molecule has 0 aromatic heterocycles. The van der Waals surface area contributed by atoms with Gasteiger partial charge in [-0.05, 0) is 35.9 Å². The highest BCUT2D eigenvalue weighted by atomic mass is 32.2. The van der Waals surface area contributed by atoms with E-state index in [1.165, 1.54) is 16.7 Å². The van der Waals surface area contributed by atoms with E-state index >= 15 is 0 Å². The van der Waals surface area contributed by atoms with Gasteiger partial charge >= 0.3 is 0 Å². The van der Waals surface area contributed by atoms with Crippen molar-refractivity contribution in [1.29, 1.82) is 0 Å². The molecule has 0 radical (unpaired) electrons. The molecular weight excluding hydrogens is 481 g/mol. The van der Waals surface area contributed by atoms with Crippen molar-refractivity contribution in [3.8, 4) is 0 Å². The van der Waals surface area contributed by atoms with E-state index in [1.807, 2.05) is 91.0 Å². The maximum atomic E-state index is 13.4. The van der Waals surface area contributed by atoms with E-state index in [0.29, 0.717) is 9.23 Å². The molecule has 0 saturated carbocycles. The van der Waals surface area contributed by atoms with Crippen LogP contribution >= 0.6 is 35.7 Å². The molecule has 4 nitrogen and oxygen atoms in total. The molecule has 2 aliphatic heterocycles. The van der Waals surface area contributed by atoms with E-state index < -0.39 is 0 Å². The molecule has 0 bridgehead atoms. The van der Waals surface area contributed by atoms with Crippen LogP contribution < -0.4 is 4.90 Å². The topological polar surface area (TPSA) is 40.6 Å². The Kier molecular flexibility index (Phi) is 6.67. The van der Waals surface area contributed by atoms with Gasteiger partial charge in [-0.15, -0.1) is 0 Å². The monoisotopic (exact) mass is 500 g/mol. The van der Waals surface area contributed by atoms with Crippen LogP contribution in [0.4, 0.5) is 11.4 Å². The van der Waals surface area contributed by atoms with Crippen LogP contribution in [0, 0.1) is 0 Å². The molecule has 3 aromatic carbocycles. The zero-order valence-electron chi connectivity index (χ0n) is 18.1. The fourth-order valence-electron chi connectivity index (χ4n) is 3.81. The van der Waals surface area contributed by atoms with Crippen molar-refractivity contribution < 1.29 is 9.59 Å². The highest BCUT2D eigenvalue weighted by Gasteiger charge is 2.33. The first-order valence-electron chi connectivity index (χ1n) is 10.8. The fourth-order valence-corrected chi connectivity index (χ4v) is 6.13. The third-order valence-corrected chi connectivity index (χ3v) is 7.97. The predicted molar refractivity (Wildman–Crippen MR) is 144 cm³/mol. The second kappa shape index (κ2) is 10.0. The van der Waals surface area contributed by atoms with Crippen molar-refractivity contribution in [3.05, 3.63) is 101 Å². The minimum Gasteiger partial charge on any atom is -0.292 e. The predicted octanol–water partition coefficient (Wildman–Crippen LogP) is 6.66. The Morgan fingerprint density at radius 1 is 0.853 bits per heavy atom. The summed E-state index contributed by atoms with van der Waals surface area (Å²) in [5, 5.41) is 0. The molecule has 0 N–H and O–H groups in total. The zero-order chi connectivity index (χ0) is 23.5. The molecule has 3 aromatic rings. The number of carbonyl (C=O) groups is 2. The highest BCUT2D eigenvalue weighted by molar-refractivity contribution is 8.26. The number of anilines is 2. The SMILES string of the molecule is O=C1C(=CC=Cc2ccccc2)SC(=S)N1CCC(=O)N1c2ccccc2Sc2ccccc21. The third-order valence-electron chi connectivity index (χ3n) is 5.44. The average molecular weight is 501 g/mol. The van der Waals surface area contributed by atoms with Gasteiger partial charge in [-0.1, -0.05) is 102 Å². The van der Waals surface area contributed by atoms with Gasteiger partial charge in [0, 0.05) is 22.8 Å². The van der Waals surface area contributed by atoms with Crippen molar-refractivity contribution in [2.75, 3.05) is 11.4 Å². The molecule has 7 heteroatoms. The number of thiocarbonyl (C=S) groups is 1. The molecule has 0 unspecified atom stereocenters. The number of benzene rings is 3. The quantitative estimate of drug-likeness (QED) is 0.289. The first-order valence-corrected chi connectivity index (χ1v) is 12.8. The first-order chi connectivity index (χ1) is 16.6. The summed E-state index contributed by atoms with van der Waals surface area (Å²) in [5.41, 5.74) is 2.79. The number of fused-ring (bicyclic) bond motifs is 2.